The van der Waals surface area contributed by atoms with Crippen LogP contribution in [0.1, 0.15) is 37.0 Å². The molecule has 0 fully saturated rings. The van der Waals surface area contributed by atoms with Gasteiger partial charge in [-0.1, -0.05) is 19.9 Å². The van der Waals surface area contributed by atoms with Crippen molar-refractivity contribution in [3.05, 3.63) is 71.4 Å². The van der Waals surface area contributed by atoms with Gasteiger partial charge in [0.25, 0.3) is 0 Å². The largest absolute Gasteiger partial charge is 0.497 e. The van der Waals surface area contributed by atoms with E-state index in [1.54, 1.807) is 30.1 Å². The molecule has 0 saturated heterocycles. The number of aromatic nitrogens is 4. The van der Waals surface area contributed by atoms with Gasteiger partial charge in [-0.25, -0.2) is 9.37 Å². The summed E-state index contributed by atoms with van der Waals surface area (Å²) in [5.41, 5.74) is 11.6. The van der Waals surface area contributed by atoms with Gasteiger partial charge in [0.15, 0.2) is 5.65 Å². The number of ether oxygens (including phenoxy) is 1. The smallest absolute Gasteiger partial charge is 0.160 e. The molecule has 4 aromatic rings. The van der Waals surface area contributed by atoms with Gasteiger partial charge in [-0.3, -0.25) is 4.98 Å². The molecule has 1 aromatic carbocycles. The first-order valence-electron chi connectivity index (χ1n) is 10.4. The van der Waals surface area contributed by atoms with Crippen LogP contribution in [0.15, 0.2) is 48.9 Å². The lowest BCUT2D eigenvalue weighted by Crippen LogP contribution is -2.01. The second-order valence-electron chi connectivity index (χ2n) is 7.01. The summed E-state index contributed by atoms with van der Waals surface area (Å²) in [5, 5.41) is 4.11. The normalized spacial score (nSPS) is 11.8. The zero-order chi connectivity index (χ0) is 22.4. The molecular formula is C24H28FN5O. The van der Waals surface area contributed by atoms with Crippen molar-refractivity contribution in [3.63, 3.8) is 0 Å². The molecule has 1 aliphatic rings. The summed E-state index contributed by atoms with van der Waals surface area (Å²) in [5.74, 6) is 1.04. The number of nitrogens with zero attached hydrogens (tertiary/aromatic N) is 4. The van der Waals surface area contributed by atoms with E-state index in [0.717, 1.165) is 17.5 Å². The van der Waals surface area contributed by atoms with Crippen molar-refractivity contribution in [1.29, 1.82) is 0 Å². The molecule has 5 rings (SSSR count). The molecule has 3 heterocycles. The molecule has 0 bridgehead atoms. The zero-order valence-electron chi connectivity index (χ0n) is 18.4. The predicted octanol–water partition coefficient (Wildman–Crippen LogP) is 5.03. The van der Waals surface area contributed by atoms with Crippen LogP contribution in [0.2, 0.25) is 0 Å². The van der Waals surface area contributed by atoms with E-state index in [9.17, 15) is 4.39 Å². The number of nitrogens with two attached hydrogens (primary N) is 1. The first-order valence-corrected chi connectivity index (χ1v) is 10.4. The average Bonchev–Trinajstić information content (AvgIpc) is 3.42. The fourth-order valence-corrected chi connectivity index (χ4v) is 3.47. The Morgan fingerprint density at radius 2 is 1.81 bits per heavy atom. The molecule has 0 aliphatic heterocycles. The van der Waals surface area contributed by atoms with Crippen LogP contribution in [0.3, 0.4) is 0 Å². The number of hydrogen-bond donors (Lipinski definition) is 1. The maximum atomic E-state index is 13.1. The highest BCUT2D eigenvalue weighted by atomic mass is 19.1. The fraction of sp³-hybridized carbons (Fsp3) is 0.292. The molecule has 0 radical (unpaired) electrons. The Bertz CT molecular complexity index is 1170. The van der Waals surface area contributed by atoms with Crippen molar-refractivity contribution in [3.8, 4) is 17.0 Å². The van der Waals surface area contributed by atoms with Crippen LogP contribution in [0.25, 0.3) is 16.9 Å². The number of benzene rings is 1. The van der Waals surface area contributed by atoms with Crippen LogP contribution in [0.4, 0.5) is 10.2 Å². The molecule has 0 unspecified atom stereocenters. The van der Waals surface area contributed by atoms with Crippen molar-refractivity contribution in [2.75, 3.05) is 12.8 Å². The highest BCUT2D eigenvalue weighted by Gasteiger charge is 2.11. The van der Waals surface area contributed by atoms with Crippen LogP contribution in [0.5, 0.6) is 5.75 Å². The van der Waals surface area contributed by atoms with Crippen LogP contribution >= 0.6 is 0 Å². The quantitative estimate of drug-likeness (QED) is 0.491. The minimum Gasteiger partial charge on any atom is -0.497 e. The van der Waals surface area contributed by atoms with Gasteiger partial charge < -0.3 is 10.5 Å². The maximum absolute atomic E-state index is 13.1. The molecule has 31 heavy (non-hydrogen) atoms. The SMILES string of the molecule is CC.COc1ccc2c(c1)CCC2.Cc1cnn2c(N)cc(-c3cncc(F)c3)nc12. The molecule has 0 saturated carbocycles. The number of halogens is 1. The van der Waals surface area contributed by atoms with Crippen LogP contribution in [-0.4, -0.2) is 26.7 Å². The number of nitrogen functional groups attached to an aromatic ring is 1. The van der Waals surface area contributed by atoms with Gasteiger partial charge in [-0.2, -0.15) is 9.61 Å². The van der Waals surface area contributed by atoms with E-state index >= 15 is 0 Å². The summed E-state index contributed by atoms with van der Waals surface area (Å²) in [7, 11) is 1.72. The van der Waals surface area contributed by atoms with E-state index in [1.807, 2.05) is 26.8 Å². The molecule has 2 N–H and O–H groups in total. The number of fused-ring (bicyclic) bond motifs is 2. The Morgan fingerprint density at radius 3 is 2.55 bits per heavy atom. The number of anilines is 1. The molecule has 162 valence electrons. The Balaban J connectivity index is 0.000000179. The van der Waals surface area contributed by atoms with E-state index in [-0.39, 0.29) is 0 Å². The maximum Gasteiger partial charge on any atom is 0.160 e. The minimum atomic E-state index is -0.405. The standard InChI is InChI=1S/C12H10FN5.C10H12O.C2H6/c1-7-4-16-18-11(14)3-10(17-12(7)18)8-2-9(13)6-15-5-8;1-11-10-6-5-8-3-2-4-9(8)7-10;1-2/h2-6H,14H2,1H3;5-7H,2-4H2,1H3;1-2H3. The van der Waals surface area contributed by atoms with Gasteiger partial charge in [0.05, 0.1) is 25.2 Å². The summed E-state index contributed by atoms with van der Waals surface area (Å²) in [6, 6.07) is 9.40. The zero-order valence-corrected chi connectivity index (χ0v) is 18.4. The molecular weight excluding hydrogens is 393 g/mol. The van der Waals surface area contributed by atoms with Crippen molar-refractivity contribution < 1.29 is 9.13 Å². The molecule has 6 nitrogen and oxygen atoms in total. The topological polar surface area (TPSA) is 78.3 Å². The molecule has 0 amide bonds. The molecule has 7 heteroatoms. The van der Waals surface area contributed by atoms with Gasteiger partial charge in [0.2, 0.25) is 0 Å². The lowest BCUT2D eigenvalue weighted by atomic mass is 10.1. The number of aryl methyl sites for hydroxylation is 3. The van der Waals surface area contributed by atoms with Gasteiger partial charge in [0.1, 0.15) is 17.4 Å². The van der Waals surface area contributed by atoms with Gasteiger partial charge >= 0.3 is 0 Å². The van der Waals surface area contributed by atoms with E-state index < -0.39 is 5.82 Å². The lowest BCUT2D eigenvalue weighted by molar-refractivity contribution is 0.414. The Morgan fingerprint density at radius 1 is 1.03 bits per heavy atom. The van der Waals surface area contributed by atoms with E-state index in [2.05, 4.69) is 27.2 Å². The van der Waals surface area contributed by atoms with Crippen LogP contribution < -0.4 is 10.5 Å². The summed E-state index contributed by atoms with van der Waals surface area (Å²) in [4.78, 5) is 8.22. The highest BCUT2D eigenvalue weighted by Crippen LogP contribution is 2.25. The summed E-state index contributed by atoms with van der Waals surface area (Å²) < 4.78 is 19.8. The third kappa shape index (κ3) is 4.99. The number of pyridine rings is 1. The van der Waals surface area contributed by atoms with E-state index in [1.165, 1.54) is 36.5 Å². The third-order valence-electron chi connectivity index (χ3n) is 4.98. The summed E-state index contributed by atoms with van der Waals surface area (Å²) in [6.45, 7) is 5.89. The second kappa shape index (κ2) is 10.0. The van der Waals surface area contributed by atoms with Gasteiger partial charge in [-0.05, 0) is 55.5 Å². The fourth-order valence-electron chi connectivity index (χ4n) is 3.47. The van der Waals surface area contributed by atoms with Crippen LogP contribution in [-0.2, 0) is 12.8 Å². The monoisotopic (exact) mass is 421 g/mol. The van der Waals surface area contributed by atoms with Gasteiger partial charge in [-0.15, -0.1) is 0 Å². The second-order valence-corrected chi connectivity index (χ2v) is 7.01. The highest BCUT2D eigenvalue weighted by molar-refractivity contribution is 5.66. The minimum absolute atomic E-state index is 0.405. The van der Waals surface area contributed by atoms with Crippen molar-refractivity contribution in [1.82, 2.24) is 19.6 Å². The van der Waals surface area contributed by atoms with Crippen LogP contribution in [0, 0.1) is 12.7 Å². The van der Waals surface area contributed by atoms with E-state index in [4.69, 9.17) is 10.5 Å². The third-order valence-corrected chi connectivity index (χ3v) is 4.98. The summed E-state index contributed by atoms with van der Waals surface area (Å²) in [6.07, 6.45) is 8.17. The van der Waals surface area contributed by atoms with E-state index in [0.29, 0.717) is 22.7 Å². The number of hydrogen-bond acceptors (Lipinski definition) is 5. The van der Waals surface area contributed by atoms with Gasteiger partial charge in [0, 0.05) is 23.4 Å². The molecule has 3 aromatic heterocycles. The Kier molecular flexibility index (Phi) is 7.18. The average molecular weight is 422 g/mol. The first-order chi connectivity index (χ1) is 15.0. The molecule has 0 atom stereocenters. The predicted molar refractivity (Wildman–Crippen MR) is 122 cm³/mol. The van der Waals surface area contributed by atoms with Crippen molar-refractivity contribution >= 4 is 11.5 Å². The molecule has 0 spiro atoms. The summed E-state index contributed by atoms with van der Waals surface area (Å²) >= 11 is 0. The Labute approximate surface area is 181 Å². The van der Waals surface area contributed by atoms with Crippen molar-refractivity contribution in [2.45, 2.75) is 40.0 Å². The lowest BCUT2D eigenvalue weighted by Gasteiger charge is -2.04. The Hall–Kier alpha value is -3.48. The number of methoxy groups -OCH3 is 1. The first kappa shape index (κ1) is 22.2. The molecule has 1 aliphatic carbocycles. The van der Waals surface area contributed by atoms with Crippen molar-refractivity contribution in [2.24, 2.45) is 0 Å². The number of rotatable bonds is 2.